The Morgan fingerprint density at radius 3 is 2.25 bits per heavy atom. The van der Waals surface area contributed by atoms with Crippen LogP contribution < -0.4 is 5.73 Å². The van der Waals surface area contributed by atoms with Crippen LogP contribution in [-0.4, -0.2) is 13.2 Å². The van der Waals surface area contributed by atoms with Gasteiger partial charge >= 0.3 is 0 Å². The standard InChI is InChI=1S/C2H5BN/c4-2-1-3-2/h2H,1,4H2. The van der Waals surface area contributed by atoms with E-state index in [1.807, 2.05) is 0 Å². The molecule has 0 aromatic carbocycles. The van der Waals surface area contributed by atoms with Gasteiger partial charge in [0, 0.05) is 0 Å². The quantitative estimate of drug-likeness (QED) is 0.367. The van der Waals surface area contributed by atoms with E-state index in [2.05, 4.69) is 7.28 Å². The Bertz CT molecular complexity index is 25.2. The molecular weight excluding hydrogens is 48.8 g/mol. The summed E-state index contributed by atoms with van der Waals surface area (Å²) in [5, 5.41) is 0. The average Bonchev–Trinajstić information content (AvgIpc) is 1.75. The SMILES string of the molecule is NC1[B]C1. The fraction of sp³-hybridized carbons (Fsp3) is 1.00. The topological polar surface area (TPSA) is 26.0 Å². The second-order valence-corrected chi connectivity index (χ2v) is 1.14. The molecular formula is C2H5BN. The molecule has 1 aliphatic rings. The molecule has 0 amide bonds. The number of nitrogens with two attached hydrogens (primary N) is 1. The van der Waals surface area contributed by atoms with E-state index in [1.165, 1.54) is 0 Å². The highest BCUT2D eigenvalue weighted by molar-refractivity contribution is 6.50. The molecule has 0 aromatic rings. The lowest BCUT2D eigenvalue weighted by molar-refractivity contribution is 1.15. The smallest absolute Gasteiger partial charge is 0.132 e. The molecule has 2 heteroatoms. The van der Waals surface area contributed by atoms with Gasteiger partial charge in [0.2, 0.25) is 0 Å². The van der Waals surface area contributed by atoms with E-state index in [1.54, 1.807) is 0 Å². The van der Waals surface area contributed by atoms with Gasteiger partial charge in [0.05, 0.1) is 0 Å². The zero-order valence-electron chi connectivity index (χ0n) is 2.44. The van der Waals surface area contributed by atoms with Crippen molar-refractivity contribution in [2.45, 2.75) is 12.3 Å². The highest BCUT2D eigenvalue weighted by Gasteiger charge is 2.15. The van der Waals surface area contributed by atoms with Gasteiger partial charge in [-0.25, -0.2) is 0 Å². The second-order valence-electron chi connectivity index (χ2n) is 1.14. The summed E-state index contributed by atoms with van der Waals surface area (Å²) in [6.45, 7) is 0. The average molecular weight is 53.9 g/mol. The van der Waals surface area contributed by atoms with Crippen molar-refractivity contribution < 1.29 is 0 Å². The summed E-state index contributed by atoms with van der Waals surface area (Å²) in [7, 11) is 2.07. The molecule has 1 aliphatic heterocycles. The molecule has 0 aliphatic carbocycles. The minimum Gasteiger partial charge on any atom is -0.336 e. The van der Waals surface area contributed by atoms with E-state index < -0.39 is 0 Å². The van der Waals surface area contributed by atoms with Crippen LogP contribution in [0.25, 0.3) is 0 Å². The van der Waals surface area contributed by atoms with Gasteiger partial charge in [0.15, 0.2) is 0 Å². The minimum absolute atomic E-state index is 0.458. The summed E-state index contributed by atoms with van der Waals surface area (Å²) in [5.74, 6) is 0.458. The molecule has 0 spiro atoms. The normalized spacial score (nSPS) is 37.8. The summed E-state index contributed by atoms with van der Waals surface area (Å²) >= 11 is 0. The van der Waals surface area contributed by atoms with Gasteiger partial charge in [-0.2, -0.15) is 0 Å². The van der Waals surface area contributed by atoms with Gasteiger partial charge in [0.25, 0.3) is 0 Å². The predicted molar refractivity (Wildman–Crippen MR) is 18.5 cm³/mol. The minimum atomic E-state index is 0.458. The molecule has 1 unspecified atom stereocenters. The zero-order chi connectivity index (χ0) is 2.99. The van der Waals surface area contributed by atoms with Crippen molar-refractivity contribution in [3.8, 4) is 0 Å². The maximum Gasteiger partial charge on any atom is 0.132 e. The molecule has 1 fully saturated rings. The summed E-state index contributed by atoms with van der Waals surface area (Å²) in [5.41, 5.74) is 5.17. The number of hydrogen-bond acceptors (Lipinski definition) is 1. The van der Waals surface area contributed by atoms with E-state index >= 15 is 0 Å². The summed E-state index contributed by atoms with van der Waals surface area (Å²) in [4.78, 5) is 0. The van der Waals surface area contributed by atoms with Gasteiger partial charge in [-0.15, -0.1) is 0 Å². The van der Waals surface area contributed by atoms with E-state index in [0.717, 1.165) is 6.32 Å². The van der Waals surface area contributed by atoms with Crippen LogP contribution in [0.2, 0.25) is 6.32 Å². The molecule has 0 saturated carbocycles. The Morgan fingerprint density at radius 1 is 2.00 bits per heavy atom. The zero-order valence-corrected chi connectivity index (χ0v) is 2.44. The molecule has 4 heavy (non-hydrogen) atoms. The predicted octanol–water partition coefficient (Wildman–Crippen LogP) is -0.593. The first-order chi connectivity index (χ1) is 1.89. The molecule has 1 saturated heterocycles. The van der Waals surface area contributed by atoms with Crippen molar-refractivity contribution in [3.63, 3.8) is 0 Å². The van der Waals surface area contributed by atoms with Crippen LogP contribution in [0, 0.1) is 0 Å². The van der Waals surface area contributed by atoms with Crippen molar-refractivity contribution in [2.75, 3.05) is 0 Å². The van der Waals surface area contributed by atoms with Gasteiger partial charge in [-0.05, 0) is 5.94 Å². The maximum absolute atomic E-state index is 5.17. The van der Waals surface area contributed by atoms with Crippen molar-refractivity contribution in [1.29, 1.82) is 0 Å². The number of hydrogen-bond donors (Lipinski definition) is 1. The van der Waals surface area contributed by atoms with Crippen LogP contribution in [0.5, 0.6) is 0 Å². The van der Waals surface area contributed by atoms with Crippen molar-refractivity contribution >= 4 is 7.28 Å². The van der Waals surface area contributed by atoms with Crippen molar-refractivity contribution in [3.05, 3.63) is 0 Å². The number of rotatable bonds is 0. The van der Waals surface area contributed by atoms with E-state index in [9.17, 15) is 0 Å². The van der Waals surface area contributed by atoms with Gasteiger partial charge in [-0.1, -0.05) is 6.32 Å². The molecule has 2 N–H and O–H groups in total. The Balaban J connectivity index is 2.17. The van der Waals surface area contributed by atoms with Crippen LogP contribution in [0.1, 0.15) is 0 Å². The molecule has 0 bridgehead atoms. The lowest BCUT2D eigenvalue weighted by Crippen LogP contribution is -1.97. The second kappa shape index (κ2) is 0.491. The fourth-order valence-corrected chi connectivity index (χ4v) is 0.0786. The first-order valence-corrected chi connectivity index (χ1v) is 1.48. The van der Waals surface area contributed by atoms with Gasteiger partial charge in [-0.3, -0.25) is 0 Å². The molecule has 21 valence electrons. The Kier molecular flexibility index (Phi) is 0.279. The third-order valence-corrected chi connectivity index (χ3v) is 0.508. The molecule has 1 heterocycles. The highest BCUT2D eigenvalue weighted by Crippen LogP contribution is 2.01. The molecule has 0 aromatic heterocycles. The molecule has 1 rings (SSSR count). The van der Waals surface area contributed by atoms with Crippen LogP contribution in [0.4, 0.5) is 0 Å². The van der Waals surface area contributed by atoms with E-state index in [0.29, 0.717) is 5.94 Å². The van der Waals surface area contributed by atoms with E-state index in [-0.39, 0.29) is 0 Å². The largest absolute Gasteiger partial charge is 0.336 e. The first kappa shape index (κ1) is 2.27. The van der Waals surface area contributed by atoms with Gasteiger partial charge in [0.1, 0.15) is 7.28 Å². The third kappa shape index (κ3) is 0.232. The van der Waals surface area contributed by atoms with Crippen LogP contribution >= 0.6 is 0 Å². The Morgan fingerprint density at radius 2 is 2.25 bits per heavy atom. The first-order valence-electron chi connectivity index (χ1n) is 1.48. The van der Waals surface area contributed by atoms with Crippen LogP contribution in [-0.2, 0) is 0 Å². The van der Waals surface area contributed by atoms with Crippen LogP contribution in [0.15, 0.2) is 0 Å². The van der Waals surface area contributed by atoms with Gasteiger partial charge < -0.3 is 5.73 Å². The van der Waals surface area contributed by atoms with Crippen molar-refractivity contribution in [2.24, 2.45) is 5.73 Å². The van der Waals surface area contributed by atoms with E-state index in [4.69, 9.17) is 5.73 Å². The molecule has 1 nitrogen and oxygen atoms in total. The lowest BCUT2D eigenvalue weighted by atomic mass is 10.1. The molecule has 1 atom stereocenters. The Labute approximate surface area is 26.4 Å². The third-order valence-electron chi connectivity index (χ3n) is 0.508. The van der Waals surface area contributed by atoms with Crippen LogP contribution in [0.3, 0.4) is 0 Å². The fourth-order valence-electron chi connectivity index (χ4n) is 0.0786. The summed E-state index contributed by atoms with van der Waals surface area (Å²) in [6, 6.07) is 0. The maximum atomic E-state index is 5.17. The summed E-state index contributed by atoms with van der Waals surface area (Å²) < 4.78 is 0. The monoisotopic (exact) mass is 54.1 g/mol. The Hall–Kier alpha value is 0.0249. The lowest BCUT2D eigenvalue weighted by Gasteiger charge is -1.59. The highest BCUT2D eigenvalue weighted by atomic mass is 14.6. The molecule has 1 radical (unpaired) electrons. The van der Waals surface area contributed by atoms with Crippen molar-refractivity contribution in [1.82, 2.24) is 0 Å². The summed E-state index contributed by atoms with van der Waals surface area (Å²) in [6.07, 6.45) is 1.14.